The van der Waals surface area contributed by atoms with Crippen LogP contribution < -0.4 is 0 Å². The SMILES string of the molecule is CC(C)CC(C)(C)C.CCCCCCCCCCCCCCCCCCCCCCCCCCCCCCCCCCCCCCCCCCCCCCCCCC. The molecule has 0 heteroatoms. The second-order valence-corrected chi connectivity index (χ2v) is 21.4. The maximum atomic E-state index is 2.31. The Morgan fingerprint density at radius 1 is 0.207 bits per heavy atom. The van der Waals surface area contributed by atoms with Crippen molar-refractivity contribution in [3.8, 4) is 0 Å². The lowest BCUT2D eigenvalue weighted by Crippen LogP contribution is -2.08. The van der Waals surface area contributed by atoms with Crippen LogP contribution in [0.15, 0.2) is 0 Å². The summed E-state index contributed by atoms with van der Waals surface area (Å²) in [5.74, 6) is 0.843. The van der Waals surface area contributed by atoms with Gasteiger partial charge < -0.3 is 0 Å². The maximum absolute atomic E-state index is 2.31. The maximum Gasteiger partial charge on any atom is -0.0380 e. The van der Waals surface area contributed by atoms with Gasteiger partial charge in [-0.25, -0.2) is 0 Å². The van der Waals surface area contributed by atoms with Crippen molar-refractivity contribution in [3.63, 3.8) is 0 Å². The van der Waals surface area contributed by atoms with Gasteiger partial charge in [-0.15, -0.1) is 0 Å². The van der Waals surface area contributed by atoms with E-state index in [-0.39, 0.29) is 0 Å². The fraction of sp³-hybridized carbons (Fsp3) is 1.00. The molecule has 0 aliphatic rings. The van der Waals surface area contributed by atoms with Crippen LogP contribution in [0.2, 0.25) is 0 Å². The van der Waals surface area contributed by atoms with Crippen molar-refractivity contribution in [2.45, 2.75) is 363 Å². The van der Waals surface area contributed by atoms with Gasteiger partial charge in [0.2, 0.25) is 0 Å². The fourth-order valence-electron chi connectivity index (χ4n) is 9.50. The molecular weight excluding hydrogens is 697 g/mol. The quantitative estimate of drug-likeness (QED) is 0.0537. The molecule has 0 heterocycles. The summed E-state index contributed by atoms with van der Waals surface area (Å²) < 4.78 is 0. The Morgan fingerprint density at radius 3 is 0.362 bits per heavy atom. The van der Waals surface area contributed by atoms with Gasteiger partial charge in [-0.3, -0.25) is 0 Å². The molecule has 0 atom stereocenters. The lowest BCUT2D eigenvalue weighted by Gasteiger charge is -2.19. The van der Waals surface area contributed by atoms with Crippen LogP contribution in [-0.2, 0) is 0 Å². The normalized spacial score (nSPS) is 11.8. The van der Waals surface area contributed by atoms with Crippen molar-refractivity contribution >= 4 is 0 Å². The Balaban J connectivity index is 0. The standard InChI is InChI=1S/C50H102.C8H18/c1-3-5-7-9-11-13-15-17-19-21-23-25-27-29-31-33-35-37-39-41-43-45-47-49-50-48-46-44-42-40-38-36-34-32-30-28-26-24-22-20-18-16-14-12-10-8-6-4-2;1-7(2)6-8(3,4)5/h3-50H2,1-2H3;7H,6H2,1-5H3. The summed E-state index contributed by atoms with van der Waals surface area (Å²) in [5, 5.41) is 0. The highest BCUT2D eigenvalue weighted by Crippen LogP contribution is 2.23. The third kappa shape index (κ3) is 62.6. The first kappa shape index (κ1) is 60.1. The highest BCUT2D eigenvalue weighted by molar-refractivity contribution is 4.62. The van der Waals surface area contributed by atoms with E-state index in [0.29, 0.717) is 5.41 Å². The van der Waals surface area contributed by atoms with Gasteiger partial charge in [-0.05, 0) is 17.8 Å². The second-order valence-electron chi connectivity index (χ2n) is 21.4. The molecular formula is C58H120. The third-order valence-electron chi connectivity index (χ3n) is 13.0. The van der Waals surface area contributed by atoms with Crippen LogP contribution in [0.3, 0.4) is 0 Å². The molecule has 58 heavy (non-hydrogen) atoms. The lowest BCUT2D eigenvalue weighted by molar-refractivity contribution is 0.320. The minimum absolute atomic E-state index is 0.522. The minimum Gasteiger partial charge on any atom is -0.0654 e. The van der Waals surface area contributed by atoms with Gasteiger partial charge in [0.05, 0.1) is 0 Å². The zero-order chi connectivity index (χ0) is 42.7. The molecule has 0 amide bonds. The van der Waals surface area contributed by atoms with E-state index in [9.17, 15) is 0 Å². The zero-order valence-electron chi connectivity index (χ0n) is 42.7. The van der Waals surface area contributed by atoms with Gasteiger partial charge in [0.25, 0.3) is 0 Å². The van der Waals surface area contributed by atoms with Crippen LogP contribution in [0.25, 0.3) is 0 Å². The van der Waals surface area contributed by atoms with Crippen LogP contribution in [0.5, 0.6) is 0 Å². The lowest BCUT2D eigenvalue weighted by atomic mass is 9.86. The summed E-state index contributed by atoms with van der Waals surface area (Å²) in [6.07, 6.45) is 72.7. The van der Waals surface area contributed by atoms with E-state index in [2.05, 4.69) is 48.5 Å². The molecule has 0 saturated carbocycles. The smallest absolute Gasteiger partial charge is 0.0380 e. The van der Waals surface area contributed by atoms with Gasteiger partial charge in [-0.1, -0.05) is 357 Å². The van der Waals surface area contributed by atoms with E-state index >= 15 is 0 Å². The van der Waals surface area contributed by atoms with Gasteiger partial charge in [0.1, 0.15) is 0 Å². The molecule has 0 spiro atoms. The Hall–Kier alpha value is 0. The molecule has 0 fully saturated rings. The molecule has 0 bridgehead atoms. The molecule has 0 aliphatic heterocycles. The molecule has 0 radical (unpaired) electrons. The van der Waals surface area contributed by atoms with Gasteiger partial charge in [0, 0.05) is 0 Å². The van der Waals surface area contributed by atoms with Crippen LogP contribution in [0.1, 0.15) is 363 Å². The number of unbranched alkanes of at least 4 members (excludes halogenated alkanes) is 47. The molecule has 352 valence electrons. The fourth-order valence-corrected chi connectivity index (χ4v) is 9.50. The summed E-state index contributed by atoms with van der Waals surface area (Å²) in [6.45, 7) is 16.0. The van der Waals surface area contributed by atoms with E-state index in [1.165, 1.54) is 315 Å². The molecule has 0 aromatic carbocycles. The average Bonchev–Trinajstić information content (AvgIpc) is 3.18. The Labute approximate surface area is 373 Å². The Morgan fingerprint density at radius 2 is 0.310 bits per heavy atom. The molecule has 0 N–H and O–H groups in total. The van der Waals surface area contributed by atoms with Crippen LogP contribution in [0.4, 0.5) is 0 Å². The first-order chi connectivity index (χ1) is 28.3. The largest absolute Gasteiger partial charge is 0.0654 e. The Kier molecular flexibility index (Phi) is 55.1. The molecule has 0 unspecified atom stereocenters. The average molecular weight is 818 g/mol. The molecule has 0 saturated heterocycles. The van der Waals surface area contributed by atoms with Crippen molar-refractivity contribution in [1.29, 1.82) is 0 Å². The van der Waals surface area contributed by atoms with Crippen molar-refractivity contribution in [3.05, 3.63) is 0 Å². The van der Waals surface area contributed by atoms with Gasteiger partial charge in [-0.2, -0.15) is 0 Å². The number of hydrogen-bond acceptors (Lipinski definition) is 0. The Bertz CT molecular complexity index is 620. The van der Waals surface area contributed by atoms with Crippen LogP contribution in [0, 0.1) is 11.3 Å². The molecule has 0 aliphatic carbocycles. The van der Waals surface area contributed by atoms with Crippen LogP contribution >= 0.6 is 0 Å². The van der Waals surface area contributed by atoms with E-state index in [1.807, 2.05) is 0 Å². The molecule has 0 rings (SSSR count). The highest BCUT2D eigenvalue weighted by Gasteiger charge is 2.11. The monoisotopic (exact) mass is 817 g/mol. The predicted molar refractivity (Wildman–Crippen MR) is 272 cm³/mol. The van der Waals surface area contributed by atoms with Crippen molar-refractivity contribution in [2.75, 3.05) is 0 Å². The summed E-state index contributed by atoms with van der Waals surface area (Å²) >= 11 is 0. The topological polar surface area (TPSA) is 0 Å². The van der Waals surface area contributed by atoms with E-state index in [1.54, 1.807) is 0 Å². The molecule has 0 nitrogen and oxygen atoms in total. The van der Waals surface area contributed by atoms with Crippen molar-refractivity contribution < 1.29 is 0 Å². The molecule has 0 aromatic heterocycles. The van der Waals surface area contributed by atoms with Crippen molar-refractivity contribution in [2.24, 2.45) is 11.3 Å². The van der Waals surface area contributed by atoms with Gasteiger partial charge in [0.15, 0.2) is 0 Å². The van der Waals surface area contributed by atoms with E-state index in [0.717, 1.165) is 5.92 Å². The third-order valence-corrected chi connectivity index (χ3v) is 13.0. The predicted octanol–water partition coefficient (Wildman–Crippen LogP) is 22.8. The second kappa shape index (κ2) is 53.1. The zero-order valence-corrected chi connectivity index (χ0v) is 42.7. The first-order valence-electron chi connectivity index (χ1n) is 28.3. The summed E-state index contributed by atoms with van der Waals surface area (Å²) in [7, 11) is 0. The minimum atomic E-state index is 0.522. The first-order valence-corrected chi connectivity index (χ1v) is 28.3. The number of rotatable bonds is 48. The summed E-state index contributed by atoms with van der Waals surface area (Å²) in [5.41, 5.74) is 0.522. The van der Waals surface area contributed by atoms with Crippen LogP contribution in [-0.4, -0.2) is 0 Å². The van der Waals surface area contributed by atoms with Crippen molar-refractivity contribution in [1.82, 2.24) is 0 Å². The van der Waals surface area contributed by atoms with Gasteiger partial charge >= 0.3 is 0 Å². The van der Waals surface area contributed by atoms with E-state index < -0.39 is 0 Å². The molecule has 0 aromatic rings. The number of hydrogen-bond donors (Lipinski definition) is 0. The highest BCUT2D eigenvalue weighted by atomic mass is 14.2. The summed E-state index contributed by atoms with van der Waals surface area (Å²) in [4.78, 5) is 0. The van der Waals surface area contributed by atoms with E-state index in [4.69, 9.17) is 0 Å². The summed E-state index contributed by atoms with van der Waals surface area (Å²) in [6, 6.07) is 0.